The minimum Gasteiger partial charge on any atom is -0.489 e. The molecule has 160 valence electrons. The molecule has 1 aromatic heterocycles. The Morgan fingerprint density at radius 3 is 2.60 bits per heavy atom. The van der Waals surface area contributed by atoms with E-state index in [1.54, 1.807) is 22.8 Å². The summed E-state index contributed by atoms with van der Waals surface area (Å²) in [4.78, 5) is 18.4. The molecule has 0 amide bonds. The number of nitrogens with zero attached hydrogens (tertiary/aromatic N) is 2. The second kappa shape index (κ2) is 9.87. The number of aryl methyl sites for hydroxylation is 1. The number of rotatable bonds is 9. The molecule has 3 aromatic rings. The molecule has 3 rings (SSSR count). The lowest BCUT2D eigenvalue weighted by Gasteiger charge is -2.19. The molecule has 1 atom stereocenters. The quantitative estimate of drug-likeness (QED) is 0.522. The van der Waals surface area contributed by atoms with Gasteiger partial charge in [-0.25, -0.2) is 4.98 Å². The highest BCUT2D eigenvalue weighted by molar-refractivity contribution is 5.79. The summed E-state index contributed by atoms with van der Waals surface area (Å²) in [6.07, 6.45) is 2.67. The van der Waals surface area contributed by atoms with Gasteiger partial charge in [0.2, 0.25) is 0 Å². The molecule has 0 saturated carbocycles. The fourth-order valence-electron chi connectivity index (χ4n) is 3.51. The first kappa shape index (κ1) is 22.0. The van der Waals surface area contributed by atoms with Crippen LogP contribution in [0.2, 0.25) is 0 Å². The molecule has 6 heteroatoms. The van der Waals surface area contributed by atoms with Crippen LogP contribution in [0.5, 0.6) is 5.75 Å². The minimum atomic E-state index is -1.04. The largest absolute Gasteiger partial charge is 0.489 e. The molecule has 0 aliphatic rings. The normalized spacial score (nSPS) is 12.5. The van der Waals surface area contributed by atoms with Crippen molar-refractivity contribution in [1.82, 2.24) is 9.55 Å². The first-order valence-corrected chi connectivity index (χ1v) is 10.6. The summed E-state index contributed by atoms with van der Waals surface area (Å²) in [5.74, 6) is 1.32. The van der Waals surface area contributed by atoms with E-state index in [0.29, 0.717) is 40.1 Å². The maximum atomic E-state index is 13.6. The van der Waals surface area contributed by atoms with Crippen molar-refractivity contribution in [1.29, 1.82) is 0 Å². The Morgan fingerprint density at radius 1 is 1.13 bits per heavy atom. The number of aliphatic hydroxyl groups excluding tert-OH is 2. The summed E-state index contributed by atoms with van der Waals surface area (Å²) in [6.45, 7) is 5.62. The number of hydrogen-bond acceptors (Lipinski definition) is 5. The number of benzene rings is 2. The topological polar surface area (TPSA) is 84.6 Å². The zero-order valence-corrected chi connectivity index (χ0v) is 17.8. The number of aromatic nitrogens is 2. The first-order chi connectivity index (χ1) is 14.5. The van der Waals surface area contributed by atoms with Gasteiger partial charge in [0.25, 0.3) is 5.56 Å². The zero-order chi connectivity index (χ0) is 21.7. The van der Waals surface area contributed by atoms with E-state index in [-0.39, 0.29) is 11.7 Å². The van der Waals surface area contributed by atoms with Crippen molar-refractivity contribution in [2.45, 2.75) is 58.7 Å². The fraction of sp³-hybridized carbons (Fsp3) is 0.417. The molecule has 0 spiro atoms. The van der Waals surface area contributed by atoms with Crippen molar-refractivity contribution in [2.75, 3.05) is 6.61 Å². The molecule has 0 aliphatic carbocycles. The van der Waals surface area contributed by atoms with E-state index in [1.807, 2.05) is 38.1 Å². The van der Waals surface area contributed by atoms with Crippen LogP contribution < -0.4 is 10.3 Å². The van der Waals surface area contributed by atoms with Crippen LogP contribution in [-0.4, -0.2) is 32.5 Å². The second-order valence-electron chi connectivity index (χ2n) is 7.73. The van der Waals surface area contributed by atoms with Crippen LogP contribution in [0.3, 0.4) is 0 Å². The number of aliphatic hydroxyl groups is 2. The van der Waals surface area contributed by atoms with Crippen molar-refractivity contribution in [2.24, 2.45) is 0 Å². The highest BCUT2D eigenvalue weighted by atomic mass is 16.5. The van der Waals surface area contributed by atoms with Crippen LogP contribution >= 0.6 is 0 Å². The number of ether oxygens (including phenoxy) is 1. The van der Waals surface area contributed by atoms with Gasteiger partial charge in [0.1, 0.15) is 17.7 Å². The van der Waals surface area contributed by atoms with E-state index in [0.717, 1.165) is 19.3 Å². The molecule has 2 aromatic carbocycles. The van der Waals surface area contributed by atoms with Gasteiger partial charge in [0.05, 0.1) is 29.3 Å². The standard InChI is InChI=1S/C24H30N2O4/c1-4-5-6-11-23-25-19-13-12-17(21(28)15-27)14-18(19)24(29)26(23)20-9-7-8-10-22(20)30-16(2)3/h7-10,12-14,16,21,27-28H,4-6,11,15H2,1-3H3. The van der Waals surface area contributed by atoms with Gasteiger partial charge in [-0.15, -0.1) is 0 Å². The van der Waals surface area contributed by atoms with Crippen LogP contribution in [0.1, 0.15) is 57.5 Å². The van der Waals surface area contributed by atoms with E-state index in [4.69, 9.17) is 9.72 Å². The Bertz CT molecular complexity index is 1060. The summed E-state index contributed by atoms with van der Waals surface area (Å²) < 4.78 is 7.60. The maximum absolute atomic E-state index is 13.6. The molecule has 0 bridgehead atoms. The van der Waals surface area contributed by atoms with E-state index >= 15 is 0 Å². The lowest BCUT2D eigenvalue weighted by atomic mass is 10.1. The maximum Gasteiger partial charge on any atom is 0.266 e. The smallest absolute Gasteiger partial charge is 0.266 e. The van der Waals surface area contributed by atoms with E-state index in [9.17, 15) is 15.0 Å². The van der Waals surface area contributed by atoms with Gasteiger partial charge in [-0.3, -0.25) is 9.36 Å². The molecule has 30 heavy (non-hydrogen) atoms. The summed E-state index contributed by atoms with van der Waals surface area (Å²) in [6, 6.07) is 12.5. The number of fused-ring (bicyclic) bond motifs is 1. The van der Waals surface area contributed by atoms with Gasteiger partial charge in [-0.2, -0.15) is 0 Å². The molecule has 6 nitrogen and oxygen atoms in total. The van der Waals surface area contributed by atoms with E-state index in [2.05, 4.69) is 6.92 Å². The average molecular weight is 411 g/mol. The molecule has 0 aliphatic heterocycles. The molecule has 0 fully saturated rings. The van der Waals surface area contributed by atoms with E-state index in [1.165, 1.54) is 0 Å². The molecule has 2 N–H and O–H groups in total. The third kappa shape index (κ3) is 4.71. The number of unbranched alkanes of at least 4 members (excludes halogenated alkanes) is 2. The predicted molar refractivity (Wildman–Crippen MR) is 118 cm³/mol. The third-order valence-electron chi connectivity index (χ3n) is 4.99. The summed E-state index contributed by atoms with van der Waals surface area (Å²) in [7, 11) is 0. The van der Waals surface area contributed by atoms with Gasteiger partial charge in [0.15, 0.2) is 0 Å². The molecule has 1 unspecified atom stereocenters. The number of hydrogen-bond donors (Lipinski definition) is 2. The Hall–Kier alpha value is -2.70. The molecule has 0 radical (unpaired) electrons. The summed E-state index contributed by atoms with van der Waals surface area (Å²) >= 11 is 0. The summed E-state index contributed by atoms with van der Waals surface area (Å²) in [5, 5.41) is 19.7. The third-order valence-corrected chi connectivity index (χ3v) is 4.99. The fourth-order valence-corrected chi connectivity index (χ4v) is 3.51. The van der Waals surface area contributed by atoms with Gasteiger partial charge >= 0.3 is 0 Å². The lowest BCUT2D eigenvalue weighted by Crippen LogP contribution is -2.25. The lowest BCUT2D eigenvalue weighted by molar-refractivity contribution is 0.0957. The minimum absolute atomic E-state index is 0.0369. The van der Waals surface area contributed by atoms with Crippen LogP contribution in [0.15, 0.2) is 47.3 Å². The zero-order valence-electron chi connectivity index (χ0n) is 17.8. The second-order valence-corrected chi connectivity index (χ2v) is 7.73. The number of para-hydroxylation sites is 2. The monoisotopic (exact) mass is 410 g/mol. The van der Waals surface area contributed by atoms with Crippen molar-refractivity contribution >= 4 is 10.9 Å². The van der Waals surface area contributed by atoms with E-state index < -0.39 is 12.7 Å². The van der Waals surface area contributed by atoms with Crippen LogP contribution in [0.25, 0.3) is 16.6 Å². The van der Waals surface area contributed by atoms with Gasteiger partial charge in [-0.05, 0) is 50.1 Å². The van der Waals surface area contributed by atoms with Crippen molar-refractivity contribution < 1.29 is 14.9 Å². The molecular weight excluding hydrogens is 380 g/mol. The predicted octanol–water partition coefficient (Wildman–Crippen LogP) is 3.93. The molecule has 0 saturated heterocycles. The van der Waals surface area contributed by atoms with Gasteiger partial charge < -0.3 is 14.9 Å². The van der Waals surface area contributed by atoms with Crippen LogP contribution in [-0.2, 0) is 6.42 Å². The van der Waals surface area contributed by atoms with Crippen molar-refractivity contribution in [3.05, 3.63) is 64.2 Å². The Morgan fingerprint density at radius 2 is 1.90 bits per heavy atom. The van der Waals surface area contributed by atoms with Crippen LogP contribution in [0, 0.1) is 0 Å². The average Bonchev–Trinajstić information content (AvgIpc) is 2.74. The molecule has 1 heterocycles. The highest BCUT2D eigenvalue weighted by Crippen LogP contribution is 2.26. The summed E-state index contributed by atoms with van der Waals surface area (Å²) in [5.41, 5.74) is 1.52. The Labute approximate surface area is 176 Å². The van der Waals surface area contributed by atoms with Crippen molar-refractivity contribution in [3.63, 3.8) is 0 Å². The van der Waals surface area contributed by atoms with Gasteiger partial charge in [-0.1, -0.05) is 38.0 Å². The first-order valence-electron chi connectivity index (χ1n) is 10.6. The Balaban J connectivity index is 2.25. The SMILES string of the molecule is CCCCCc1nc2ccc(C(O)CO)cc2c(=O)n1-c1ccccc1OC(C)C. The van der Waals surface area contributed by atoms with Crippen molar-refractivity contribution in [3.8, 4) is 11.4 Å². The Kier molecular flexibility index (Phi) is 7.24. The van der Waals surface area contributed by atoms with Crippen LogP contribution in [0.4, 0.5) is 0 Å². The van der Waals surface area contributed by atoms with Gasteiger partial charge in [0, 0.05) is 6.42 Å². The molecular formula is C24H30N2O4. The highest BCUT2D eigenvalue weighted by Gasteiger charge is 2.18.